The fourth-order valence-electron chi connectivity index (χ4n) is 2.91. The molecule has 0 aliphatic carbocycles. The summed E-state index contributed by atoms with van der Waals surface area (Å²) in [5.41, 5.74) is 2.60. The van der Waals surface area contributed by atoms with Crippen molar-refractivity contribution in [1.82, 2.24) is 9.55 Å². The Morgan fingerprint density at radius 2 is 2.08 bits per heavy atom. The van der Waals surface area contributed by atoms with Gasteiger partial charge in [-0.2, -0.15) is 0 Å². The molecule has 1 aliphatic heterocycles. The van der Waals surface area contributed by atoms with Gasteiger partial charge in [-0.05, 0) is 18.2 Å². The van der Waals surface area contributed by atoms with E-state index in [2.05, 4.69) is 0 Å². The van der Waals surface area contributed by atoms with Gasteiger partial charge in [-0.15, -0.1) is 0 Å². The number of methoxy groups -OCH3 is 1. The van der Waals surface area contributed by atoms with E-state index >= 15 is 0 Å². The summed E-state index contributed by atoms with van der Waals surface area (Å²) in [6, 6.07) is 15.2. The Labute approximate surface area is 149 Å². The highest BCUT2D eigenvalue weighted by Gasteiger charge is 2.31. The molecule has 1 aliphatic rings. The van der Waals surface area contributed by atoms with Gasteiger partial charge in [-0.3, -0.25) is 9.36 Å². The average Bonchev–Trinajstić information content (AvgIpc) is 3.09. The van der Waals surface area contributed by atoms with Crippen molar-refractivity contribution in [2.45, 2.75) is 12.5 Å². The number of rotatable bonds is 3. The zero-order valence-corrected chi connectivity index (χ0v) is 14.2. The SMILES string of the molecule is COC(=O)C[C@H]1Oc2ccc(Cl)cc2-n2cc(-c3ccccc3)nc21. The molecular formula is C19H15ClN2O3. The highest BCUT2D eigenvalue weighted by atomic mass is 35.5. The van der Waals surface area contributed by atoms with Gasteiger partial charge in [0.25, 0.3) is 0 Å². The lowest BCUT2D eigenvalue weighted by Gasteiger charge is -2.26. The first-order valence-electron chi connectivity index (χ1n) is 7.84. The molecule has 6 heteroatoms. The summed E-state index contributed by atoms with van der Waals surface area (Å²) < 4.78 is 12.7. The second kappa shape index (κ2) is 6.26. The molecule has 0 unspecified atom stereocenters. The van der Waals surface area contributed by atoms with E-state index in [1.54, 1.807) is 12.1 Å². The molecule has 0 radical (unpaired) electrons. The van der Waals surface area contributed by atoms with E-state index in [1.807, 2.05) is 47.2 Å². The monoisotopic (exact) mass is 354 g/mol. The number of halogens is 1. The van der Waals surface area contributed by atoms with Crippen LogP contribution >= 0.6 is 11.6 Å². The minimum Gasteiger partial charge on any atom is -0.480 e. The standard InChI is InChI=1S/C19H15ClN2O3/c1-24-18(23)10-17-19-21-14(12-5-3-2-4-6-12)11-22(19)15-9-13(20)7-8-16(15)25-17/h2-9,11,17H,10H2,1H3/t17-/m1/s1. The fourth-order valence-corrected chi connectivity index (χ4v) is 3.08. The van der Waals surface area contributed by atoms with Crippen LogP contribution in [0.25, 0.3) is 16.9 Å². The zero-order chi connectivity index (χ0) is 17.4. The third-order valence-electron chi connectivity index (χ3n) is 4.12. The molecule has 0 spiro atoms. The first kappa shape index (κ1) is 15.7. The van der Waals surface area contributed by atoms with Gasteiger partial charge in [0.2, 0.25) is 0 Å². The molecule has 5 nitrogen and oxygen atoms in total. The van der Waals surface area contributed by atoms with E-state index in [0.717, 1.165) is 16.9 Å². The smallest absolute Gasteiger partial charge is 0.309 e. The summed E-state index contributed by atoms with van der Waals surface area (Å²) in [6.07, 6.45) is 1.51. The Hall–Kier alpha value is -2.79. The van der Waals surface area contributed by atoms with Crippen molar-refractivity contribution >= 4 is 17.6 Å². The highest BCUT2D eigenvalue weighted by Crippen LogP contribution is 2.39. The van der Waals surface area contributed by atoms with E-state index in [4.69, 9.17) is 26.1 Å². The fraction of sp³-hybridized carbons (Fsp3) is 0.158. The molecular weight excluding hydrogens is 340 g/mol. The van der Waals surface area contributed by atoms with Crippen LogP contribution in [0, 0.1) is 0 Å². The first-order chi connectivity index (χ1) is 12.2. The predicted molar refractivity (Wildman–Crippen MR) is 94.0 cm³/mol. The molecule has 25 heavy (non-hydrogen) atoms. The van der Waals surface area contributed by atoms with Crippen LogP contribution in [-0.4, -0.2) is 22.6 Å². The van der Waals surface area contributed by atoms with Crippen LogP contribution in [0.3, 0.4) is 0 Å². The lowest BCUT2D eigenvalue weighted by molar-refractivity contribution is -0.142. The molecule has 0 saturated carbocycles. The Kier molecular flexibility index (Phi) is 3.93. The molecule has 1 atom stereocenters. The summed E-state index contributed by atoms with van der Waals surface area (Å²) in [4.78, 5) is 16.5. The number of carbonyl (C=O) groups excluding carboxylic acids is 1. The molecule has 0 fully saturated rings. The van der Waals surface area contributed by atoms with Crippen LogP contribution < -0.4 is 4.74 Å². The summed E-state index contributed by atoms with van der Waals surface area (Å²) in [5.74, 6) is 0.958. The number of benzene rings is 2. The molecule has 0 saturated heterocycles. The van der Waals surface area contributed by atoms with Crippen LogP contribution in [0.2, 0.25) is 5.02 Å². The van der Waals surface area contributed by atoms with Crippen LogP contribution in [-0.2, 0) is 9.53 Å². The van der Waals surface area contributed by atoms with E-state index in [9.17, 15) is 4.79 Å². The maximum atomic E-state index is 11.8. The van der Waals surface area contributed by atoms with E-state index in [1.165, 1.54) is 7.11 Å². The maximum absolute atomic E-state index is 11.8. The van der Waals surface area contributed by atoms with Gasteiger partial charge in [-0.25, -0.2) is 4.98 Å². The van der Waals surface area contributed by atoms with Crippen molar-refractivity contribution in [2.75, 3.05) is 7.11 Å². The van der Waals surface area contributed by atoms with E-state index in [0.29, 0.717) is 16.6 Å². The van der Waals surface area contributed by atoms with E-state index < -0.39 is 6.10 Å². The average molecular weight is 355 g/mol. The van der Waals surface area contributed by atoms with Crippen molar-refractivity contribution in [2.24, 2.45) is 0 Å². The normalized spacial score (nSPS) is 15.0. The summed E-state index contributed by atoms with van der Waals surface area (Å²) in [5, 5.41) is 0.606. The second-order valence-corrected chi connectivity index (χ2v) is 6.16. The molecule has 1 aromatic heterocycles. The Morgan fingerprint density at radius 1 is 1.28 bits per heavy atom. The minimum absolute atomic E-state index is 0.0871. The zero-order valence-electron chi connectivity index (χ0n) is 13.5. The van der Waals surface area contributed by atoms with Crippen molar-refractivity contribution in [3.05, 3.63) is 65.6 Å². The number of esters is 1. The van der Waals surface area contributed by atoms with Gasteiger partial charge in [0.05, 0.1) is 24.9 Å². The number of hydrogen-bond donors (Lipinski definition) is 0. The summed E-state index contributed by atoms with van der Waals surface area (Å²) in [7, 11) is 1.36. The molecule has 3 aromatic rings. The Balaban J connectivity index is 1.84. The molecule has 0 N–H and O–H groups in total. The van der Waals surface area contributed by atoms with Crippen molar-refractivity contribution in [3.8, 4) is 22.7 Å². The third-order valence-corrected chi connectivity index (χ3v) is 4.36. The van der Waals surface area contributed by atoms with Gasteiger partial charge in [0.1, 0.15) is 5.75 Å². The van der Waals surface area contributed by atoms with Gasteiger partial charge < -0.3 is 9.47 Å². The quantitative estimate of drug-likeness (QED) is 0.662. The van der Waals surface area contributed by atoms with Crippen molar-refractivity contribution in [3.63, 3.8) is 0 Å². The highest BCUT2D eigenvalue weighted by molar-refractivity contribution is 6.30. The maximum Gasteiger partial charge on any atom is 0.309 e. The number of nitrogens with zero attached hydrogens (tertiary/aromatic N) is 2. The van der Waals surface area contributed by atoms with Crippen molar-refractivity contribution < 1.29 is 14.3 Å². The topological polar surface area (TPSA) is 53.4 Å². The molecule has 2 heterocycles. The molecule has 0 amide bonds. The van der Waals surface area contributed by atoms with Gasteiger partial charge in [-0.1, -0.05) is 41.9 Å². The summed E-state index contributed by atoms with van der Waals surface area (Å²) in [6.45, 7) is 0. The van der Waals surface area contributed by atoms with Gasteiger partial charge >= 0.3 is 5.97 Å². The molecule has 126 valence electrons. The summed E-state index contributed by atoms with van der Waals surface area (Å²) >= 11 is 6.15. The lowest BCUT2D eigenvalue weighted by Crippen LogP contribution is -2.22. The third kappa shape index (κ3) is 2.87. The number of ether oxygens (including phenoxy) is 2. The van der Waals surface area contributed by atoms with Crippen LogP contribution in [0.15, 0.2) is 54.7 Å². The number of imidazole rings is 1. The number of hydrogen-bond acceptors (Lipinski definition) is 4. The first-order valence-corrected chi connectivity index (χ1v) is 8.21. The lowest BCUT2D eigenvalue weighted by atomic mass is 10.1. The number of fused-ring (bicyclic) bond motifs is 3. The molecule has 0 bridgehead atoms. The second-order valence-electron chi connectivity index (χ2n) is 5.72. The minimum atomic E-state index is -0.515. The Morgan fingerprint density at radius 3 is 2.84 bits per heavy atom. The van der Waals surface area contributed by atoms with Crippen LogP contribution in [0.5, 0.6) is 5.75 Å². The van der Waals surface area contributed by atoms with Crippen molar-refractivity contribution in [1.29, 1.82) is 0 Å². The van der Waals surface area contributed by atoms with Crippen LogP contribution in [0.1, 0.15) is 18.3 Å². The number of carbonyl (C=O) groups is 1. The largest absolute Gasteiger partial charge is 0.480 e. The predicted octanol–water partition coefficient (Wildman–Crippen LogP) is 4.19. The molecule has 4 rings (SSSR count). The number of aromatic nitrogens is 2. The molecule has 2 aromatic carbocycles. The van der Waals surface area contributed by atoms with Gasteiger partial charge in [0, 0.05) is 16.8 Å². The van der Waals surface area contributed by atoms with E-state index in [-0.39, 0.29) is 12.4 Å². The Bertz CT molecular complexity index is 937. The van der Waals surface area contributed by atoms with Gasteiger partial charge in [0.15, 0.2) is 11.9 Å². The van der Waals surface area contributed by atoms with Crippen LogP contribution in [0.4, 0.5) is 0 Å².